The topological polar surface area (TPSA) is 53.6 Å². The number of hydrogen-bond donors (Lipinski definition) is 2. The SMILES string of the molecule is CCNC(=O)N1CC[C@@H](N[C@@H](C)c2ccc(OC)c(F)c2)C1. The van der Waals surface area contributed by atoms with Crippen LogP contribution in [0.1, 0.15) is 31.9 Å². The summed E-state index contributed by atoms with van der Waals surface area (Å²) in [5.74, 6) is -0.108. The summed E-state index contributed by atoms with van der Waals surface area (Å²) in [4.78, 5) is 13.6. The third-order valence-electron chi connectivity index (χ3n) is 3.97. The molecule has 1 aliphatic rings. The minimum atomic E-state index is -0.357. The fourth-order valence-corrected chi connectivity index (χ4v) is 2.75. The van der Waals surface area contributed by atoms with Crippen molar-refractivity contribution in [2.45, 2.75) is 32.4 Å². The van der Waals surface area contributed by atoms with Gasteiger partial charge in [0.05, 0.1) is 7.11 Å². The molecule has 5 nitrogen and oxygen atoms in total. The van der Waals surface area contributed by atoms with Crippen molar-refractivity contribution in [2.75, 3.05) is 26.7 Å². The van der Waals surface area contributed by atoms with Crippen molar-refractivity contribution in [1.29, 1.82) is 0 Å². The van der Waals surface area contributed by atoms with Gasteiger partial charge in [0.25, 0.3) is 0 Å². The molecule has 1 saturated heterocycles. The van der Waals surface area contributed by atoms with E-state index in [4.69, 9.17) is 4.74 Å². The number of likely N-dealkylation sites (tertiary alicyclic amines) is 1. The lowest BCUT2D eigenvalue weighted by atomic mass is 10.1. The van der Waals surface area contributed by atoms with Crippen LogP contribution in [0.4, 0.5) is 9.18 Å². The summed E-state index contributed by atoms with van der Waals surface area (Å²) in [6, 6.07) is 5.21. The predicted octanol–water partition coefficient (Wildman–Crippen LogP) is 2.29. The highest BCUT2D eigenvalue weighted by atomic mass is 19.1. The third-order valence-corrected chi connectivity index (χ3v) is 3.97. The summed E-state index contributed by atoms with van der Waals surface area (Å²) >= 11 is 0. The third kappa shape index (κ3) is 3.88. The van der Waals surface area contributed by atoms with Gasteiger partial charge in [-0.25, -0.2) is 9.18 Å². The first kappa shape index (κ1) is 16.5. The first-order chi connectivity index (χ1) is 10.5. The number of nitrogens with one attached hydrogen (secondary N) is 2. The molecule has 122 valence electrons. The number of carbonyl (C=O) groups is 1. The number of ether oxygens (including phenoxy) is 1. The van der Waals surface area contributed by atoms with Crippen molar-refractivity contribution in [2.24, 2.45) is 0 Å². The molecule has 0 saturated carbocycles. The van der Waals surface area contributed by atoms with E-state index in [2.05, 4.69) is 10.6 Å². The molecule has 0 aromatic heterocycles. The number of amides is 2. The predicted molar refractivity (Wildman–Crippen MR) is 83.6 cm³/mol. The van der Waals surface area contributed by atoms with Crippen molar-refractivity contribution in [3.8, 4) is 5.75 Å². The van der Waals surface area contributed by atoms with Crippen molar-refractivity contribution >= 4 is 6.03 Å². The zero-order valence-electron chi connectivity index (χ0n) is 13.4. The van der Waals surface area contributed by atoms with Crippen LogP contribution in [0.2, 0.25) is 0 Å². The molecule has 1 fully saturated rings. The Labute approximate surface area is 130 Å². The Bertz CT molecular complexity index is 524. The van der Waals surface area contributed by atoms with Crippen LogP contribution < -0.4 is 15.4 Å². The molecule has 2 atom stereocenters. The van der Waals surface area contributed by atoms with Crippen LogP contribution in [0.5, 0.6) is 5.75 Å². The summed E-state index contributed by atoms with van der Waals surface area (Å²) in [5.41, 5.74) is 0.870. The van der Waals surface area contributed by atoms with Gasteiger partial charge in [0.2, 0.25) is 0 Å². The molecular formula is C16H24FN3O2. The van der Waals surface area contributed by atoms with Gasteiger partial charge in [-0.2, -0.15) is 0 Å². The molecule has 2 rings (SSSR count). The molecule has 0 bridgehead atoms. The highest BCUT2D eigenvalue weighted by molar-refractivity contribution is 5.74. The van der Waals surface area contributed by atoms with E-state index in [-0.39, 0.29) is 29.7 Å². The smallest absolute Gasteiger partial charge is 0.317 e. The Hall–Kier alpha value is -1.82. The molecule has 0 radical (unpaired) electrons. The summed E-state index contributed by atoms with van der Waals surface area (Å²) in [5, 5.41) is 6.27. The van der Waals surface area contributed by atoms with E-state index in [0.29, 0.717) is 13.1 Å². The first-order valence-electron chi connectivity index (χ1n) is 7.67. The maximum atomic E-state index is 13.8. The maximum Gasteiger partial charge on any atom is 0.317 e. The highest BCUT2D eigenvalue weighted by Gasteiger charge is 2.27. The average Bonchev–Trinajstić information content (AvgIpc) is 2.96. The second-order valence-electron chi connectivity index (χ2n) is 5.55. The average molecular weight is 309 g/mol. The summed E-state index contributed by atoms with van der Waals surface area (Å²) < 4.78 is 18.7. The van der Waals surface area contributed by atoms with E-state index >= 15 is 0 Å². The van der Waals surface area contributed by atoms with E-state index in [9.17, 15) is 9.18 Å². The molecule has 1 heterocycles. The molecule has 2 amide bonds. The lowest BCUT2D eigenvalue weighted by molar-refractivity contribution is 0.208. The van der Waals surface area contributed by atoms with Crippen LogP contribution >= 0.6 is 0 Å². The standard InChI is InChI=1S/C16H24FN3O2/c1-4-18-16(21)20-8-7-13(10-20)19-11(2)12-5-6-15(22-3)14(17)9-12/h5-6,9,11,13,19H,4,7-8,10H2,1-3H3,(H,18,21)/t11-,13+/m0/s1. The second-order valence-corrected chi connectivity index (χ2v) is 5.55. The van der Waals surface area contributed by atoms with Gasteiger partial charge in [0, 0.05) is 31.7 Å². The molecule has 2 N–H and O–H groups in total. The Balaban J connectivity index is 1.91. The highest BCUT2D eigenvalue weighted by Crippen LogP contribution is 2.23. The molecule has 6 heteroatoms. The number of methoxy groups -OCH3 is 1. The quantitative estimate of drug-likeness (QED) is 0.877. The van der Waals surface area contributed by atoms with Crippen molar-refractivity contribution < 1.29 is 13.9 Å². The first-order valence-corrected chi connectivity index (χ1v) is 7.67. The Morgan fingerprint density at radius 1 is 1.55 bits per heavy atom. The minimum absolute atomic E-state index is 0.0135. The van der Waals surface area contributed by atoms with E-state index in [1.807, 2.05) is 24.8 Å². The fraction of sp³-hybridized carbons (Fsp3) is 0.562. The van der Waals surface area contributed by atoms with Gasteiger partial charge in [-0.3, -0.25) is 0 Å². The van der Waals surface area contributed by atoms with Crippen LogP contribution in [-0.2, 0) is 0 Å². The van der Waals surface area contributed by atoms with Crippen molar-refractivity contribution in [3.63, 3.8) is 0 Å². The van der Waals surface area contributed by atoms with Gasteiger partial charge in [-0.05, 0) is 38.0 Å². The molecule has 22 heavy (non-hydrogen) atoms. The van der Waals surface area contributed by atoms with E-state index in [0.717, 1.165) is 18.5 Å². The Kier molecular flexibility index (Phi) is 5.60. The van der Waals surface area contributed by atoms with Crippen LogP contribution in [0.15, 0.2) is 18.2 Å². The van der Waals surface area contributed by atoms with Gasteiger partial charge >= 0.3 is 6.03 Å². The van der Waals surface area contributed by atoms with Gasteiger partial charge in [0.1, 0.15) is 0 Å². The van der Waals surface area contributed by atoms with Crippen LogP contribution in [0.3, 0.4) is 0 Å². The number of halogens is 1. The second kappa shape index (κ2) is 7.45. The van der Waals surface area contributed by atoms with Crippen molar-refractivity contribution in [1.82, 2.24) is 15.5 Å². The molecule has 1 aliphatic heterocycles. The Morgan fingerprint density at radius 3 is 2.95 bits per heavy atom. The maximum absolute atomic E-state index is 13.8. The Morgan fingerprint density at radius 2 is 2.32 bits per heavy atom. The largest absolute Gasteiger partial charge is 0.494 e. The number of benzene rings is 1. The van der Waals surface area contributed by atoms with E-state index in [1.165, 1.54) is 13.2 Å². The summed E-state index contributed by atoms with van der Waals surface area (Å²) in [6.45, 7) is 5.96. The molecule has 0 aliphatic carbocycles. The molecular weight excluding hydrogens is 285 g/mol. The number of hydrogen-bond acceptors (Lipinski definition) is 3. The van der Waals surface area contributed by atoms with E-state index < -0.39 is 0 Å². The number of rotatable bonds is 5. The molecule has 0 spiro atoms. The summed E-state index contributed by atoms with van der Waals surface area (Å²) in [7, 11) is 1.45. The zero-order valence-corrected chi connectivity index (χ0v) is 13.4. The van der Waals surface area contributed by atoms with Crippen LogP contribution in [0.25, 0.3) is 0 Å². The molecule has 1 aromatic carbocycles. The molecule has 1 aromatic rings. The fourth-order valence-electron chi connectivity index (χ4n) is 2.75. The van der Waals surface area contributed by atoms with Gasteiger partial charge in [-0.15, -0.1) is 0 Å². The number of carbonyl (C=O) groups excluding carboxylic acids is 1. The van der Waals surface area contributed by atoms with Gasteiger partial charge in [0.15, 0.2) is 11.6 Å². The number of nitrogens with zero attached hydrogens (tertiary/aromatic N) is 1. The van der Waals surface area contributed by atoms with E-state index in [1.54, 1.807) is 6.07 Å². The van der Waals surface area contributed by atoms with Crippen molar-refractivity contribution in [3.05, 3.63) is 29.6 Å². The van der Waals surface area contributed by atoms with Gasteiger partial charge < -0.3 is 20.3 Å². The molecule has 0 unspecified atom stereocenters. The van der Waals surface area contributed by atoms with Crippen LogP contribution in [0, 0.1) is 5.82 Å². The lowest BCUT2D eigenvalue weighted by Crippen LogP contribution is -2.41. The lowest BCUT2D eigenvalue weighted by Gasteiger charge is -2.21. The summed E-state index contributed by atoms with van der Waals surface area (Å²) in [6.07, 6.45) is 0.903. The minimum Gasteiger partial charge on any atom is -0.494 e. The zero-order chi connectivity index (χ0) is 16.1. The van der Waals surface area contributed by atoms with Gasteiger partial charge in [-0.1, -0.05) is 6.07 Å². The number of urea groups is 1. The van der Waals surface area contributed by atoms with Crippen LogP contribution in [-0.4, -0.2) is 43.7 Å². The monoisotopic (exact) mass is 309 g/mol. The normalized spacial score (nSPS) is 19.1.